The minimum absolute atomic E-state index is 0.0562. The van der Waals surface area contributed by atoms with Crippen molar-refractivity contribution in [2.75, 3.05) is 14.1 Å². The van der Waals surface area contributed by atoms with Gasteiger partial charge in [-0.2, -0.15) is 0 Å². The Kier molecular flexibility index (Phi) is 4.33. The second kappa shape index (κ2) is 4.74. The van der Waals surface area contributed by atoms with E-state index in [1.807, 2.05) is 0 Å². The molecule has 0 bridgehead atoms. The molecule has 4 nitrogen and oxygen atoms in total. The Morgan fingerprint density at radius 3 is 1.33 bits per heavy atom. The van der Waals surface area contributed by atoms with Gasteiger partial charge in [0.1, 0.15) is 0 Å². The van der Waals surface area contributed by atoms with Crippen molar-refractivity contribution < 1.29 is 9.59 Å². The van der Waals surface area contributed by atoms with E-state index in [1.54, 1.807) is 27.9 Å². The number of rotatable bonds is 2. The van der Waals surface area contributed by atoms with Crippen molar-refractivity contribution in [2.45, 2.75) is 26.7 Å². The summed E-state index contributed by atoms with van der Waals surface area (Å²) in [5, 5.41) is 2.68. The molecule has 0 N–H and O–H groups in total. The van der Waals surface area contributed by atoms with Gasteiger partial charge in [0.2, 0.25) is 11.8 Å². The zero-order valence-electron chi connectivity index (χ0n) is 8.13. The van der Waals surface area contributed by atoms with Gasteiger partial charge in [-0.15, -0.1) is 0 Å². The van der Waals surface area contributed by atoms with Crippen LogP contribution < -0.4 is 0 Å². The van der Waals surface area contributed by atoms with E-state index in [0.29, 0.717) is 12.8 Å². The first kappa shape index (κ1) is 10.9. The lowest BCUT2D eigenvalue weighted by Crippen LogP contribution is -2.44. The Hall–Kier alpha value is -1.06. The Bertz CT molecular complexity index is 160. The lowest BCUT2D eigenvalue weighted by molar-refractivity contribution is -0.157. The Morgan fingerprint density at radius 1 is 0.917 bits per heavy atom. The van der Waals surface area contributed by atoms with Crippen molar-refractivity contribution >= 4 is 11.8 Å². The fourth-order valence-corrected chi connectivity index (χ4v) is 0.792. The molecule has 0 aromatic carbocycles. The average molecular weight is 172 g/mol. The molecule has 0 spiro atoms. The molecule has 0 aliphatic heterocycles. The van der Waals surface area contributed by atoms with Gasteiger partial charge in [0.15, 0.2) is 0 Å². The van der Waals surface area contributed by atoms with Gasteiger partial charge < -0.3 is 0 Å². The van der Waals surface area contributed by atoms with Crippen LogP contribution >= 0.6 is 0 Å². The first-order valence-electron chi connectivity index (χ1n) is 4.07. The maximum absolute atomic E-state index is 11.1. The lowest BCUT2D eigenvalue weighted by atomic mass is 10.4. The monoisotopic (exact) mass is 172 g/mol. The molecule has 70 valence electrons. The van der Waals surface area contributed by atoms with E-state index in [9.17, 15) is 9.59 Å². The molecule has 0 unspecified atom stereocenters. The van der Waals surface area contributed by atoms with E-state index in [0.717, 1.165) is 0 Å². The van der Waals surface area contributed by atoms with Crippen molar-refractivity contribution in [1.29, 1.82) is 0 Å². The van der Waals surface area contributed by atoms with Crippen LogP contribution in [0.3, 0.4) is 0 Å². The minimum atomic E-state index is -0.0562. The zero-order valence-corrected chi connectivity index (χ0v) is 8.13. The third-order valence-electron chi connectivity index (χ3n) is 1.78. The zero-order chi connectivity index (χ0) is 9.72. The van der Waals surface area contributed by atoms with Crippen molar-refractivity contribution in [1.82, 2.24) is 10.0 Å². The van der Waals surface area contributed by atoms with Gasteiger partial charge in [-0.25, -0.2) is 0 Å². The summed E-state index contributed by atoms with van der Waals surface area (Å²) in [5.74, 6) is -0.112. The number of carbonyl (C=O) groups excluding carboxylic acids is 2. The number of hydrazine groups is 1. The van der Waals surface area contributed by atoms with Gasteiger partial charge >= 0.3 is 0 Å². The van der Waals surface area contributed by atoms with Crippen LogP contribution in [0.1, 0.15) is 26.7 Å². The molecular weight excluding hydrogens is 156 g/mol. The topological polar surface area (TPSA) is 40.6 Å². The van der Waals surface area contributed by atoms with Gasteiger partial charge in [-0.05, 0) is 0 Å². The van der Waals surface area contributed by atoms with Crippen molar-refractivity contribution in [3.8, 4) is 0 Å². The molecule has 0 radical (unpaired) electrons. The molecule has 0 aliphatic rings. The molecular formula is C8H16N2O2. The van der Waals surface area contributed by atoms with Crippen molar-refractivity contribution in [2.24, 2.45) is 0 Å². The standard InChI is InChI=1S/C8H16N2O2/c1-5-7(11)9(3)10(4)8(12)6-2/h5-6H2,1-4H3. The lowest BCUT2D eigenvalue weighted by Gasteiger charge is -2.27. The maximum atomic E-state index is 11.1. The number of hydrogen-bond donors (Lipinski definition) is 0. The molecule has 12 heavy (non-hydrogen) atoms. The maximum Gasteiger partial charge on any atom is 0.240 e. The summed E-state index contributed by atoms with van der Waals surface area (Å²) in [6.07, 6.45) is 0.829. The first-order valence-corrected chi connectivity index (χ1v) is 4.07. The summed E-state index contributed by atoms with van der Waals surface area (Å²) in [5.41, 5.74) is 0. The number of hydrogen-bond acceptors (Lipinski definition) is 2. The normalized spacial score (nSPS) is 9.33. The number of carbonyl (C=O) groups is 2. The quantitative estimate of drug-likeness (QED) is 0.573. The Balaban J connectivity index is 4.18. The second-order valence-corrected chi connectivity index (χ2v) is 2.54. The molecule has 0 aliphatic carbocycles. The molecule has 0 aromatic rings. The van der Waals surface area contributed by atoms with E-state index in [4.69, 9.17) is 0 Å². The van der Waals surface area contributed by atoms with Gasteiger partial charge in [0.25, 0.3) is 0 Å². The van der Waals surface area contributed by atoms with Crippen LogP contribution in [0.4, 0.5) is 0 Å². The van der Waals surface area contributed by atoms with E-state index >= 15 is 0 Å². The summed E-state index contributed by atoms with van der Waals surface area (Å²) < 4.78 is 0. The highest BCUT2D eigenvalue weighted by Crippen LogP contribution is 1.97. The number of nitrogens with zero attached hydrogens (tertiary/aromatic N) is 2. The van der Waals surface area contributed by atoms with Crippen LogP contribution in [0.15, 0.2) is 0 Å². The molecule has 0 saturated carbocycles. The summed E-state index contributed by atoms with van der Waals surface area (Å²) in [7, 11) is 3.19. The minimum Gasteiger partial charge on any atom is -0.273 e. The third kappa shape index (κ3) is 2.53. The SMILES string of the molecule is CCC(=O)N(C)N(C)C(=O)CC. The summed E-state index contributed by atoms with van der Waals surface area (Å²) in [4.78, 5) is 22.2. The fourth-order valence-electron chi connectivity index (χ4n) is 0.792. The fraction of sp³-hybridized carbons (Fsp3) is 0.750. The van der Waals surface area contributed by atoms with Crippen LogP contribution in [0, 0.1) is 0 Å². The van der Waals surface area contributed by atoms with Crippen LogP contribution in [0.2, 0.25) is 0 Å². The van der Waals surface area contributed by atoms with E-state index in [2.05, 4.69) is 0 Å². The van der Waals surface area contributed by atoms with Crippen LogP contribution in [-0.4, -0.2) is 35.9 Å². The molecule has 0 saturated heterocycles. The van der Waals surface area contributed by atoms with Crippen LogP contribution in [0.25, 0.3) is 0 Å². The summed E-state index contributed by atoms with van der Waals surface area (Å²) in [6.45, 7) is 3.53. The molecule has 2 amide bonds. The van der Waals surface area contributed by atoms with Gasteiger partial charge in [-0.1, -0.05) is 13.8 Å². The largest absolute Gasteiger partial charge is 0.273 e. The highest BCUT2D eigenvalue weighted by Gasteiger charge is 2.15. The molecule has 0 fully saturated rings. The van der Waals surface area contributed by atoms with Gasteiger partial charge in [0, 0.05) is 26.9 Å². The molecule has 0 heterocycles. The van der Waals surface area contributed by atoms with E-state index < -0.39 is 0 Å². The predicted octanol–water partition coefficient (Wildman–Crippen LogP) is 0.638. The van der Waals surface area contributed by atoms with Crippen LogP contribution in [0.5, 0.6) is 0 Å². The number of amides is 2. The van der Waals surface area contributed by atoms with Gasteiger partial charge in [-0.3, -0.25) is 19.6 Å². The van der Waals surface area contributed by atoms with Gasteiger partial charge in [0.05, 0.1) is 0 Å². The summed E-state index contributed by atoms with van der Waals surface area (Å²) >= 11 is 0. The molecule has 4 heteroatoms. The summed E-state index contributed by atoms with van der Waals surface area (Å²) in [6, 6.07) is 0. The molecule has 0 rings (SSSR count). The van der Waals surface area contributed by atoms with E-state index in [-0.39, 0.29) is 11.8 Å². The first-order chi connectivity index (χ1) is 5.54. The smallest absolute Gasteiger partial charge is 0.240 e. The third-order valence-corrected chi connectivity index (χ3v) is 1.78. The van der Waals surface area contributed by atoms with Crippen molar-refractivity contribution in [3.63, 3.8) is 0 Å². The molecule has 0 atom stereocenters. The van der Waals surface area contributed by atoms with Crippen LogP contribution in [-0.2, 0) is 9.59 Å². The Morgan fingerprint density at radius 2 is 1.17 bits per heavy atom. The predicted molar refractivity (Wildman–Crippen MR) is 46.1 cm³/mol. The highest BCUT2D eigenvalue weighted by atomic mass is 16.2. The van der Waals surface area contributed by atoms with Crippen molar-refractivity contribution in [3.05, 3.63) is 0 Å². The molecule has 0 aromatic heterocycles. The highest BCUT2D eigenvalue weighted by molar-refractivity contribution is 5.81. The van der Waals surface area contributed by atoms with E-state index in [1.165, 1.54) is 10.0 Å². The average Bonchev–Trinajstić information content (AvgIpc) is 2.12. The second-order valence-electron chi connectivity index (χ2n) is 2.54. The Labute approximate surface area is 73.1 Å².